The number of halogens is 6. The molecule has 0 aliphatic carbocycles. The highest BCUT2D eigenvalue weighted by atomic mass is 19.4. The van der Waals surface area contributed by atoms with Crippen LogP contribution in [0.3, 0.4) is 0 Å². The number of hydrogen-bond acceptors (Lipinski definition) is 1. The number of rotatable bonds is 0. The van der Waals surface area contributed by atoms with Gasteiger partial charge in [0.2, 0.25) is 0 Å². The van der Waals surface area contributed by atoms with E-state index in [1.165, 1.54) is 24.3 Å². The largest absolute Gasteiger partial charge is 0.417 e. The minimum atomic E-state index is -4.65. The molecule has 0 bridgehead atoms. The van der Waals surface area contributed by atoms with E-state index in [1.807, 2.05) is 11.8 Å². The van der Waals surface area contributed by atoms with Gasteiger partial charge in [-0.2, -0.15) is 26.3 Å². The normalized spacial score (nSPS) is 11.0. The van der Waals surface area contributed by atoms with Crippen molar-refractivity contribution < 1.29 is 31.1 Å². The monoisotopic (exact) mass is 366 g/mol. The molecule has 7 heteroatoms. The van der Waals surface area contributed by atoms with Crippen LogP contribution in [0.2, 0.25) is 0 Å². The number of carbonyl (C=O) groups excluding carboxylic acids is 1. The fraction of sp³-hybridized carbons (Fsp3) is 0.105. The molecule has 0 heterocycles. The summed E-state index contributed by atoms with van der Waals surface area (Å²) < 4.78 is 76.9. The molecule has 0 aliphatic rings. The Kier molecular flexibility index (Phi) is 5.42. The van der Waals surface area contributed by atoms with Crippen molar-refractivity contribution in [3.63, 3.8) is 0 Å². The van der Waals surface area contributed by atoms with E-state index in [-0.39, 0.29) is 0 Å². The molecule has 0 unspecified atom stereocenters. The van der Waals surface area contributed by atoms with Crippen LogP contribution < -0.4 is 0 Å². The molecule has 0 spiro atoms. The summed E-state index contributed by atoms with van der Waals surface area (Å²) in [5.41, 5.74) is -2.89. The van der Waals surface area contributed by atoms with Crippen molar-refractivity contribution in [1.29, 1.82) is 0 Å². The van der Waals surface area contributed by atoms with E-state index in [1.54, 1.807) is 0 Å². The number of carbonyl (C=O) groups is 1. The molecule has 2 aromatic rings. The van der Waals surface area contributed by atoms with Crippen molar-refractivity contribution in [1.82, 2.24) is 0 Å². The van der Waals surface area contributed by atoms with E-state index < -0.39 is 40.4 Å². The molecule has 1 nitrogen and oxygen atoms in total. The van der Waals surface area contributed by atoms with Gasteiger partial charge in [0.15, 0.2) is 0 Å². The Labute approximate surface area is 144 Å². The van der Waals surface area contributed by atoms with Crippen LogP contribution in [0.1, 0.15) is 22.3 Å². The summed E-state index contributed by atoms with van der Waals surface area (Å²) in [6.07, 6.45) is -9.29. The predicted molar refractivity (Wildman–Crippen MR) is 81.7 cm³/mol. The molecular formula is C19H8F6O. The predicted octanol–water partition coefficient (Wildman–Crippen LogP) is 4.70. The number of Topliss-reactive ketones (excluding diaryl/α,β-unsaturated/α-hetero) is 1. The van der Waals surface area contributed by atoms with Crippen LogP contribution in [0, 0.1) is 23.7 Å². The molecule has 0 fully saturated rings. The first-order chi connectivity index (χ1) is 12.1. The van der Waals surface area contributed by atoms with Gasteiger partial charge in [-0.1, -0.05) is 36.1 Å². The molecular weight excluding hydrogens is 358 g/mol. The molecule has 26 heavy (non-hydrogen) atoms. The van der Waals surface area contributed by atoms with Gasteiger partial charge in [0.05, 0.1) is 11.1 Å². The van der Waals surface area contributed by atoms with Gasteiger partial charge in [0, 0.05) is 11.1 Å². The standard InChI is InChI=1S/C19H8F6O/c20-18(21,22)16-7-3-1-5-13(16)9-11-15(26)12-10-14-6-2-4-8-17(14)19(23,24)25/h1-8H. The molecule has 0 saturated heterocycles. The second kappa shape index (κ2) is 7.37. The van der Waals surface area contributed by atoms with E-state index in [2.05, 4.69) is 11.8 Å². The minimum Gasteiger partial charge on any atom is -0.270 e. The number of benzene rings is 2. The van der Waals surface area contributed by atoms with E-state index in [0.29, 0.717) is 0 Å². The van der Waals surface area contributed by atoms with Crippen LogP contribution in [-0.4, -0.2) is 5.78 Å². The summed E-state index contributed by atoms with van der Waals surface area (Å²) in [5.74, 6) is 6.81. The molecule has 132 valence electrons. The van der Waals surface area contributed by atoms with Crippen LogP contribution in [-0.2, 0) is 17.1 Å². The van der Waals surface area contributed by atoms with Crippen molar-refractivity contribution >= 4 is 5.78 Å². The van der Waals surface area contributed by atoms with Gasteiger partial charge in [-0.15, -0.1) is 0 Å². The average Bonchev–Trinajstić information content (AvgIpc) is 2.57. The lowest BCUT2D eigenvalue weighted by molar-refractivity contribution is -0.138. The summed E-state index contributed by atoms with van der Waals surface area (Å²) in [4.78, 5) is 11.6. The Morgan fingerprint density at radius 3 is 1.35 bits per heavy atom. The molecule has 0 saturated carbocycles. The minimum absolute atomic E-state index is 0.425. The zero-order chi connectivity index (χ0) is 19.4. The van der Waals surface area contributed by atoms with E-state index in [0.717, 1.165) is 24.3 Å². The first-order valence-electron chi connectivity index (χ1n) is 6.99. The van der Waals surface area contributed by atoms with Crippen LogP contribution in [0.15, 0.2) is 48.5 Å². The number of hydrogen-bond donors (Lipinski definition) is 0. The van der Waals surface area contributed by atoms with Gasteiger partial charge in [0.1, 0.15) is 0 Å². The van der Waals surface area contributed by atoms with Gasteiger partial charge >= 0.3 is 12.4 Å². The maximum absolute atomic E-state index is 12.8. The third-order valence-electron chi connectivity index (χ3n) is 3.09. The van der Waals surface area contributed by atoms with Crippen molar-refractivity contribution in [2.75, 3.05) is 0 Å². The highest BCUT2D eigenvalue weighted by Crippen LogP contribution is 2.32. The quantitative estimate of drug-likeness (QED) is 0.488. The highest BCUT2D eigenvalue weighted by molar-refractivity contribution is 6.09. The topological polar surface area (TPSA) is 17.1 Å². The lowest BCUT2D eigenvalue weighted by atomic mass is 10.1. The smallest absolute Gasteiger partial charge is 0.270 e. The molecule has 2 aromatic carbocycles. The fourth-order valence-electron chi connectivity index (χ4n) is 1.96. The third kappa shape index (κ3) is 4.90. The second-order valence-corrected chi connectivity index (χ2v) is 4.92. The Balaban J connectivity index is 2.30. The zero-order valence-corrected chi connectivity index (χ0v) is 12.8. The Morgan fingerprint density at radius 1 is 0.654 bits per heavy atom. The van der Waals surface area contributed by atoms with Crippen LogP contribution in [0.25, 0.3) is 0 Å². The number of ketones is 1. The van der Waals surface area contributed by atoms with Crippen molar-refractivity contribution in [2.45, 2.75) is 12.4 Å². The Hall–Kier alpha value is -3.19. The molecule has 0 amide bonds. The first kappa shape index (κ1) is 19.1. The Morgan fingerprint density at radius 2 is 1.00 bits per heavy atom. The second-order valence-electron chi connectivity index (χ2n) is 4.92. The Bertz CT molecular complexity index is 868. The fourth-order valence-corrected chi connectivity index (χ4v) is 1.96. The van der Waals surface area contributed by atoms with Crippen LogP contribution >= 0.6 is 0 Å². The average molecular weight is 366 g/mol. The lowest BCUT2D eigenvalue weighted by Crippen LogP contribution is -2.07. The highest BCUT2D eigenvalue weighted by Gasteiger charge is 2.33. The third-order valence-corrected chi connectivity index (χ3v) is 3.09. The molecule has 0 aliphatic heterocycles. The first-order valence-corrected chi connectivity index (χ1v) is 6.99. The summed E-state index contributed by atoms with van der Waals surface area (Å²) in [6, 6.07) is 8.74. The van der Waals surface area contributed by atoms with Gasteiger partial charge in [0.25, 0.3) is 5.78 Å². The van der Waals surface area contributed by atoms with Crippen LogP contribution in [0.4, 0.5) is 26.3 Å². The summed E-state index contributed by atoms with van der Waals surface area (Å²) in [6.45, 7) is 0. The van der Waals surface area contributed by atoms with Crippen molar-refractivity contribution in [3.8, 4) is 23.7 Å². The molecule has 0 aromatic heterocycles. The zero-order valence-electron chi connectivity index (χ0n) is 12.8. The number of alkyl halides is 6. The lowest BCUT2D eigenvalue weighted by Gasteiger charge is -2.08. The molecule has 0 radical (unpaired) electrons. The summed E-state index contributed by atoms with van der Waals surface area (Å²) in [7, 11) is 0. The summed E-state index contributed by atoms with van der Waals surface area (Å²) in [5, 5.41) is 0. The van der Waals surface area contributed by atoms with Gasteiger partial charge in [-0.3, -0.25) is 4.79 Å². The summed E-state index contributed by atoms with van der Waals surface area (Å²) >= 11 is 0. The van der Waals surface area contributed by atoms with E-state index in [4.69, 9.17) is 0 Å². The van der Waals surface area contributed by atoms with Crippen molar-refractivity contribution in [2.24, 2.45) is 0 Å². The maximum Gasteiger partial charge on any atom is 0.417 e. The van der Waals surface area contributed by atoms with E-state index in [9.17, 15) is 31.1 Å². The SMILES string of the molecule is O=C(C#Cc1ccccc1C(F)(F)F)C#Cc1ccccc1C(F)(F)F. The van der Waals surface area contributed by atoms with Crippen molar-refractivity contribution in [3.05, 3.63) is 70.8 Å². The van der Waals surface area contributed by atoms with Gasteiger partial charge < -0.3 is 0 Å². The maximum atomic E-state index is 12.8. The molecule has 2 rings (SSSR count). The molecule has 0 atom stereocenters. The molecule has 0 N–H and O–H groups in total. The van der Waals surface area contributed by atoms with Gasteiger partial charge in [-0.25, -0.2) is 0 Å². The van der Waals surface area contributed by atoms with Gasteiger partial charge in [-0.05, 0) is 36.1 Å². The van der Waals surface area contributed by atoms with E-state index >= 15 is 0 Å². The van der Waals surface area contributed by atoms with Crippen LogP contribution in [0.5, 0.6) is 0 Å².